The van der Waals surface area contributed by atoms with Gasteiger partial charge in [-0.15, -0.1) is 11.3 Å². The molecule has 4 aromatic heterocycles. The number of alkyl carbamates (subject to hydrolysis) is 2. The summed E-state index contributed by atoms with van der Waals surface area (Å²) in [4.78, 5) is 73.5. The topological polar surface area (TPSA) is 198 Å². The number of carbonyl (C=O) groups is 4. The summed E-state index contributed by atoms with van der Waals surface area (Å²) in [7, 11) is 2.54. The van der Waals surface area contributed by atoms with Gasteiger partial charge in [-0.25, -0.2) is 23.9 Å². The average Bonchev–Trinajstić information content (AvgIpc) is 4.27. The van der Waals surface area contributed by atoms with Crippen molar-refractivity contribution in [3.05, 3.63) is 102 Å². The number of likely N-dealkylation sites (tertiary alicyclic amines) is 2. The summed E-state index contributed by atoms with van der Waals surface area (Å²) < 4.78 is 40.9. The fourth-order valence-corrected chi connectivity index (χ4v) is 12.0. The molecule has 0 spiro atoms. The van der Waals surface area contributed by atoms with E-state index in [9.17, 15) is 19.2 Å². The number of alkyl halides is 1. The molecule has 3 aromatic carbocycles. The molecule has 7 aromatic rings. The van der Waals surface area contributed by atoms with Crippen LogP contribution in [0.3, 0.4) is 0 Å². The van der Waals surface area contributed by atoms with Crippen molar-refractivity contribution in [2.75, 3.05) is 40.5 Å². The molecular weight excluding hydrogens is 942 g/mol. The molecule has 4 aliphatic heterocycles. The SMILES string of the molecule is COC(=O)N[C@H](C(=O)N1C[C@@H](F)C[C@H]1c1ncc(-c2ccc3c(c2)cc2n3C(c3cc4ccccc4s3)Oc3cc(-c4cnc([C@@H]5CCCN5C(=O)[C@@H](NC(=O)OC)C5CCOCC5)[nH]4)ccc3-2)[nH]1)C(C)C. The molecule has 4 aliphatic rings. The van der Waals surface area contributed by atoms with E-state index in [4.69, 9.17) is 23.9 Å². The quantitative estimate of drug-likeness (QED) is 0.0970. The Morgan fingerprint density at radius 2 is 1.51 bits per heavy atom. The minimum Gasteiger partial charge on any atom is -0.464 e. The Morgan fingerprint density at radius 3 is 2.25 bits per heavy atom. The van der Waals surface area contributed by atoms with Crippen LogP contribution < -0.4 is 15.4 Å². The molecule has 0 saturated carbocycles. The summed E-state index contributed by atoms with van der Waals surface area (Å²) >= 11 is 1.69. The molecule has 17 nitrogen and oxygen atoms in total. The molecule has 11 rings (SSSR count). The van der Waals surface area contributed by atoms with Crippen LogP contribution in [0.5, 0.6) is 5.75 Å². The van der Waals surface area contributed by atoms with E-state index in [1.807, 2.05) is 49.1 Å². The van der Waals surface area contributed by atoms with Crippen LogP contribution in [-0.4, -0.2) is 117 Å². The molecular formula is C53H56FN9O8S. The zero-order chi connectivity index (χ0) is 49.8. The number of imidazole rings is 2. The highest BCUT2D eigenvalue weighted by Gasteiger charge is 2.43. The number of rotatable bonds is 11. The number of hydrogen-bond acceptors (Lipinski definition) is 11. The van der Waals surface area contributed by atoms with Crippen molar-refractivity contribution >= 4 is 56.3 Å². The highest BCUT2D eigenvalue weighted by molar-refractivity contribution is 7.19. The first-order valence-corrected chi connectivity index (χ1v) is 25.3. The second-order valence-electron chi connectivity index (χ2n) is 19.4. The Bertz CT molecular complexity index is 3160. The number of nitrogens with zero attached hydrogens (tertiary/aromatic N) is 5. The number of aromatic amines is 2. The Kier molecular flexibility index (Phi) is 12.7. The van der Waals surface area contributed by atoms with Crippen molar-refractivity contribution in [3.8, 4) is 39.5 Å². The molecule has 0 radical (unpaired) electrons. The van der Waals surface area contributed by atoms with Gasteiger partial charge >= 0.3 is 12.2 Å². The summed E-state index contributed by atoms with van der Waals surface area (Å²) in [5, 5.41) is 7.54. The number of thiophene rings is 1. The Labute approximate surface area is 418 Å². The summed E-state index contributed by atoms with van der Waals surface area (Å²) in [5.41, 5.74) is 6.07. The van der Waals surface area contributed by atoms with Gasteiger partial charge in [-0.2, -0.15) is 0 Å². The zero-order valence-electron chi connectivity index (χ0n) is 40.4. The molecule has 19 heteroatoms. The van der Waals surface area contributed by atoms with Gasteiger partial charge in [-0.05, 0) is 85.4 Å². The van der Waals surface area contributed by atoms with Gasteiger partial charge in [0, 0.05) is 53.0 Å². The van der Waals surface area contributed by atoms with E-state index >= 15 is 4.39 Å². The summed E-state index contributed by atoms with van der Waals surface area (Å²) in [6, 6.07) is 22.4. The number of aromatic nitrogens is 5. The average molecular weight is 998 g/mol. The molecule has 3 fully saturated rings. The molecule has 4 amide bonds. The van der Waals surface area contributed by atoms with E-state index < -0.39 is 48.6 Å². The minimum atomic E-state index is -1.26. The maximum absolute atomic E-state index is 15.1. The third-order valence-corrected chi connectivity index (χ3v) is 15.8. The first-order valence-electron chi connectivity index (χ1n) is 24.5. The van der Waals surface area contributed by atoms with Crippen LogP contribution in [0.2, 0.25) is 0 Å². The van der Waals surface area contributed by atoms with Crippen LogP contribution in [0.1, 0.15) is 80.8 Å². The first-order chi connectivity index (χ1) is 35.0. The van der Waals surface area contributed by atoms with Crippen molar-refractivity contribution in [2.45, 2.75) is 82.5 Å². The van der Waals surface area contributed by atoms with Gasteiger partial charge in [0.15, 0.2) is 0 Å². The lowest BCUT2D eigenvalue weighted by atomic mass is 9.90. The molecule has 3 saturated heterocycles. The van der Waals surface area contributed by atoms with Gasteiger partial charge in [-0.3, -0.25) is 14.2 Å². The highest BCUT2D eigenvalue weighted by Crippen LogP contribution is 2.48. The minimum absolute atomic E-state index is 0.0691. The van der Waals surface area contributed by atoms with E-state index in [-0.39, 0.29) is 36.8 Å². The fourth-order valence-electron chi connectivity index (χ4n) is 10.9. The standard InChI is InChI=1S/C53H56FN9O8S/c1-28(2)45(59-52(66)68-3)49(64)62-27-34(54)24-41(62)48-56-25-36(58-48)30-12-14-38-33(20-30)21-40-35-13-11-31(22-42(35)71-51(63(38)40)44-23-32-8-5-6-10-43(32)72-44)37-26-55-47(57-37)39-9-7-17-61(39)50(65)46(60-53(67)69-4)29-15-18-70-19-16-29/h5-6,8,10-14,20-23,25-26,28-29,34,39,41,45-46,51H,7,9,15-19,24,27H2,1-4H3,(H,55,57)(H,56,58)(H,59,66)(H,60,67)/t34-,39-,41-,45-,46-,51?/m0/s1. The number of methoxy groups -OCH3 is 2. The van der Waals surface area contributed by atoms with Crippen LogP contribution in [0.4, 0.5) is 14.0 Å². The van der Waals surface area contributed by atoms with E-state index in [0.29, 0.717) is 55.7 Å². The highest BCUT2D eigenvalue weighted by atomic mass is 32.1. The second-order valence-corrected chi connectivity index (χ2v) is 20.5. The van der Waals surface area contributed by atoms with Crippen molar-refractivity contribution in [2.24, 2.45) is 11.8 Å². The third kappa shape index (κ3) is 8.71. The monoisotopic (exact) mass is 997 g/mol. The maximum atomic E-state index is 15.1. The molecule has 374 valence electrons. The predicted molar refractivity (Wildman–Crippen MR) is 268 cm³/mol. The van der Waals surface area contributed by atoms with Crippen molar-refractivity contribution < 1.29 is 42.5 Å². The number of carbonyl (C=O) groups excluding carboxylic acids is 4. The fraction of sp³-hybridized carbons (Fsp3) is 0.396. The number of hydrogen-bond donors (Lipinski definition) is 4. The van der Waals surface area contributed by atoms with Gasteiger partial charge in [0.2, 0.25) is 18.0 Å². The van der Waals surface area contributed by atoms with Gasteiger partial charge < -0.3 is 49.3 Å². The second kappa shape index (κ2) is 19.4. The van der Waals surface area contributed by atoms with Crippen molar-refractivity contribution in [1.29, 1.82) is 0 Å². The van der Waals surface area contributed by atoms with Crippen molar-refractivity contribution in [1.82, 2.24) is 44.9 Å². The lowest BCUT2D eigenvalue weighted by Gasteiger charge is -2.34. The number of nitrogens with one attached hydrogen (secondary N) is 4. The zero-order valence-corrected chi connectivity index (χ0v) is 41.2. The van der Waals surface area contributed by atoms with E-state index in [2.05, 4.69) is 72.6 Å². The largest absolute Gasteiger partial charge is 0.464 e. The number of ether oxygens (including phenoxy) is 4. The van der Waals surface area contributed by atoms with Crippen LogP contribution in [-0.2, 0) is 23.8 Å². The number of amides is 4. The molecule has 72 heavy (non-hydrogen) atoms. The Hall–Kier alpha value is -7.25. The van der Waals surface area contributed by atoms with Gasteiger partial charge in [0.1, 0.15) is 35.7 Å². The van der Waals surface area contributed by atoms with Crippen LogP contribution >= 0.6 is 11.3 Å². The van der Waals surface area contributed by atoms with Gasteiger partial charge in [-0.1, -0.05) is 44.2 Å². The first kappa shape index (κ1) is 47.1. The summed E-state index contributed by atoms with van der Waals surface area (Å²) in [6.45, 7) is 5.14. The molecule has 1 unspecified atom stereocenters. The molecule has 4 N–H and O–H groups in total. The Balaban J connectivity index is 0.899. The van der Waals surface area contributed by atoms with Gasteiger partial charge in [0.25, 0.3) is 0 Å². The summed E-state index contributed by atoms with van der Waals surface area (Å²) in [5.74, 6) is 0.965. The van der Waals surface area contributed by atoms with Gasteiger partial charge in [0.05, 0.1) is 72.7 Å². The third-order valence-electron chi connectivity index (χ3n) is 14.6. The van der Waals surface area contributed by atoms with E-state index in [1.54, 1.807) is 23.7 Å². The van der Waals surface area contributed by atoms with Crippen LogP contribution in [0.15, 0.2) is 85.2 Å². The van der Waals surface area contributed by atoms with Crippen LogP contribution in [0.25, 0.3) is 54.8 Å². The molecule has 8 heterocycles. The lowest BCUT2D eigenvalue weighted by Crippen LogP contribution is -2.53. The smallest absolute Gasteiger partial charge is 0.407 e. The van der Waals surface area contributed by atoms with E-state index in [0.717, 1.165) is 66.8 Å². The van der Waals surface area contributed by atoms with Crippen LogP contribution in [0, 0.1) is 11.8 Å². The van der Waals surface area contributed by atoms with E-state index in [1.165, 1.54) is 19.1 Å². The lowest BCUT2D eigenvalue weighted by molar-refractivity contribution is -0.137. The molecule has 6 atom stereocenters. The number of fused-ring (bicyclic) bond motifs is 6. The number of benzene rings is 3. The van der Waals surface area contributed by atoms with Crippen molar-refractivity contribution in [3.63, 3.8) is 0 Å². The summed E-state index contributed by atoms with van der Waals surface area (Å²) in [6.07, 6.45) is 3.32. The molecule has 0 aliphatic carbocycles. The maximum Gasteiger partial charge on any atom is 0.407 e. The number of halogens is 1. The molecule has 0 bridgehead atoms. The predicted octanol–water partition coefficient (Wildman–Crippen LogP) is 9.05. The normalized spacial score (nSPS) is 20.8. The Morgan fingerprint density at radius 1 is 0.806 bits per heavy atom. The number of H-pyrrole nitrogens is 2.